The predicted molar refractivity (Wildman–Crippen MR) is 108 cm³/mol. The molecule has 1 aliphatic heterocycles. The van der Waals surface area contributed by atoms with Crippen molar-refractivity contribution in [2.24, 2.45) is 17.3 Å². The molecule has 2 bridgehead atoms. The number of esters is 1. The molecular formula is C23H38O4. The minimum atomic E-state index is -0.335. The van der Waals surface area contributed by atoms with Crippen LogP contribution < -0.4 is 0 Å². The number of aliphatic hydroxyl groups excluding tert-OH is 1. The molecule has 5 atom stereocenters. The summed E-state index contributed by atoms with van der Waals surface area (Å²) in [5, 5.41) is 10.2. The molecule has 0 amide bonds. The van der Waals surface area contributed by atoms with Crippen molar-refractivity contribution >= 4 is 5.97 Å². The van der Waals surface area contributed by atoms with Crippen LogP contribution in [0.25, 0.3) is 0 Å². The molecule has 0 spiro atoms. The molecule has 2 rings (SSSR count). The molecule has 2 aliphatic rings. The SMILES string of the molecule is CCCCC[C@H](O)/C=C/[C@@H]1[C@@H](C/C=C\CCCC(=O)OC)[C@@]2(C)CO[C@@H]1C2. The van der Waals surface area contributed by atoms with E-state index >= 15 is 0 Å². The molecule has 27 heavy (non-hydrogen) atoms. The normalized spacial score (nSPS) is 31.2. The lowest BCUT2D eigenvalue weighted by Gasteiger charge is -2.35. The van der Waals surface area contributed by atoms with E-state index in [4.69, 9.17) is 4.74 Å². The summed E-state index contributed by atoms with van der Waals surface area (Å²) in [6, 6.07) is 0. The molecule has 0 aromatic rings. The zero-order chi connectivity index (χ0) is 19.7. The molecule has 1 aliphatic carbocycles. The minimum Gasteiger partial charge on any atom is -0.469 e. The van der Waals surface area contributed by atoms with Crippen molar-refractivity contribution < 1.29 is 19.4 Å². The number of unbranched alkanes of at least 4 members (excludes halogenated alkanes) is 3. The van der Waals surface area contributed by atoms with Crippen LogP contribution in [0.4, 0.5) is 0 Å². The Balaban J connectivity index is 1.83. The summed E-state index contributed by atoms with van der Waals surface area (Å²) in [4.78, 5) is 11.1. The molecule has 0 radical (unpaired) electrons. The van der Waals surface area contributed by atoms with Gasteiger partial charge in [0, 0.05) is 12.3 Å². The summed E-state index contributed by atoms with van der Waals surface area (Å²) >= 11 is 0. The predicted octanol–water partition coefficient (Wildman–Crippen LogP) is 4.81. The zero-order valence-electron chi connectivity index (χ0n) is 17.4. The molecule has 2 fully saturated rings. The Labute approximate surface area is 165 Å². The number of ether oxygens (including phenoxy) is 2. The summed E-state index contributed by atoms with van der Waals surface area (Å²) in [6.07, 6.45) is 17.3. The minimum absolute atomic E-state index is 0.135. The quantitative estimate of drug-likeness (QED) is 0.301. The van der Waals surface area contributed by atoms with Crippen LogP contribution >= 0.6 is 0 Å². The second-order valence-corrected chi connectivity index (χ2v) is 8.51. The maximum Gasteiger partial charge on any atom is 0.305 e. The fourth-order valence-corrected chi connectivity index (χ4v) is 4.59. The van der Waals surface area contributed by atoms with Gasteiger partial charge in [0.1, 0.15) is 0 Å². The van der Waals surface area contributed by atoms with Crippen molar-refractivity contribution in [3.63, 3.8) is 0 Å². The summed E-state index contributed by atoms with van der Waals surface area (Å²) in [5.74, 6) is 0.820. The highest BCUT2D eigenvalue weighted by Crippen LogP contribution is 2.55. The van der Waals surface area contributed by atoms with Gasteiger partial charge >= 0.3 is 5.97 Å². The number of hydrogen-bond donors (Lipinski definition) is 1. The van der Waals surface area contributed by atoms with Gasteiger partial charge in [-0.05, 0) is 43.4 Å². The van der Waals surface area contributed by atoms with E-state index in [9.17, 15) is 9.90 Å². The van der Waals surface area contributed by atoms with Crippen LogP contribution in [-0.2, 0) is 14.3 Å². The lowest BCUT2D eigenvalue weighted by Crippen LogP contribution is -2.33. The van der Waals surface area contributed by atoms with Crippen LogP contribution in [0.15, 0.2) is 24.3 Å². The largest absolute Gasteiger partial charge is 0.469 e. The van der Waals surface area contributed by atoms with E-state index in [1.54, 1.807) is 0 Å². The van der Waals surface area contributed by atoms with E-state index in [0.29, 0.717) is 24.4 Å². The highest BCUT2D eigenvalue weighted by molar-refractivity contribution is 5.69. The molecule has 1 heterocycles. The molecule has 4 nitrogen and oxygen atoms in total. The number of carbonyl (C=O) groups excluding carboxylic acids is 1. The van der Waals surface area contributed by atoms with Gasteiger partial charge in [-0.25, -0.2) is 0 Å². The molecule has 0 aromatic carbocycles. The van der Waals surface area contributed by atoms with Crippen molar-refractivity contribution in [3.05, 3.63) is 24.3 Å². The third-order valence-corrected chi connectivity index (χ3v) is 6.28. The number of methoxy groups -OCH3 is 1. The highest BCUT2D eigenvalue weighted by atomic mass is 16.5. The standard InChI is InChI=1S/C23H38O4/c1-4-5-8-11-18(24)14-15-19-20(23(2)16-21(19)27-17-23)12-9-6-7-10-13-22(25)26-3/h6,9,14-15,18-21,24H,4-5,7-8,10-13,16-17H2,1-3H3/b9-6-,15-14+/t18-,19+,20+,21+,23+/m0/s1. The highest BCUT2D eigenvalue weighted by Gasteiger charge is 2.54. The van der Waals surface area contributed by atoms with Gasteiger partial charge in [-0.15, -0.1) is 0 Å². The first-order valence-electron chi connectivity index (χ1n) is 10.7. The molecule has 1 saturated heterocycles. The fraction of sp³-hybridized carbons (Fsp3) is 0.783. The number of allylic oxidation sites excluding steroid dienone is 2. The molecular weight excluding hydrogens is 340 g/mol. The molecule has 0 aromatic heterocycles. The average molecular weight is 379 g/mol. The van der Waals surface area contributed by atoms with Crippen LogP contribution in [0, 0.1) is 17.3 Å². The van der Waals surface area contributed by atoms with Crippen LogP contribution in [-0.4, -0.2) is 37.0 Å². The van der Waals surface area contributed by atoms with E-state index in [2.05, 4.69) is 36.8 Å². The third kappa shape index (κ3) is 6.46. The van der Waals surface area contributed by atoms with Gasteiger partial charge in [-0.3, -0.25) is 4.79 Å². The molecule has 154 valence electrons. The van der Waals surface area contributed by atoms with E-state index in [1.807, 2.05) is 6.08 Å². The zero-order valence-corrected chi connectivity index (χ0v) is 17.4. The van der Waals surface area contributed by atoms with E-state index < -0.39 is 0 Å². The van der Waals surface area contributed by atoms with Crippen molar-refractivity contribution in [1.82, 2.24) is 0 Å². The van der Waals surface area contributed by atoms with Crippen LogP contribution in [0.3, 0.4) is 0 Å². The Morgan fingerprint density at radius 2 is 2.15 bits per heavy atom. The lowest BCUT2D eigenvalue weighted by atomic mass is 9.75. The molecule has 1 saturated carbocycles. The number of carbonyl (C=O) groups is 1. The maximum absolute atomic E-state index is 11.1. The Morgan fingerprint density at radius 1 is 1.33 bits per heavy atom. The number of rotatable bonds is 12. The van der Waals surface area contributed by atoms with E-state index in [-0.39, 0.29) is 17.5 Å². The van der Waals surface area contributed by atoms with Gasteiger partial charge in [0.25, 0.3) is 0 Å². The molecule has 0 unspecified atom stereocenters. The first kappa shape index (κ1) is 22.2. The monoisotopic (exact) mass is 378 g/mol. The van der Waals surface area contributed by atoms with Gasteiger partial charge in [-0.2, -0.15) is 0 Å². The molecule has 4 heteroatoms. The van der Waals surface area contributed by atoms with Crippen molar-refractivity contribution in [1.29, 1.82) is 0 Å². The average Bonchev–Trinajstić information content (AvgIpc) is 3.16. The Bertz CT molecular complexity index is 513. The Kier molecular flexibility index (Phi) is 9.04. The summed E-state index contributed by atoms with van der Waals surface area (Å²) in [7, 11) is 1.43. The van der Waals surface area contributed by atoms with Crippen molar-refractivity contribution in [3.8, 4) is 0 Å². The van der Waals surface area contributed by atoms with Crippen molar-refractivity contribution in [2.75, 3.05) is 13.7 Å². The van der Waals surface area contributed by atoms with Crippen molar-refractivity contribution in [2.45, 2.75) is 83.8 Å². The van der Waals surface area contributed by atoms with E-state index in [1.165, 1.54) is 20.0 Å². The van der Waals surface area contributed by atoms with Gasteiger partial charge in [0.15, 0.2) is 0 Å². The number of hydrogen-bond acceptors (Lipinski definition) is 4. The first-order chi connectivity index (χ1) is 13.0. The smallest absolute Gasteiger partial charge is 0.305 e. The van der Waals surface area contributed by atoms with Gasteiger partial charge < -0.3 is 14.6 Å². The molecule has 1 N–H and O–H groups in total. The third-order valence-electron chi connectivity index (χ3n) is 6.28. The topological polar surface area (TPSA) is 55.8 Å². The summed E-state index contributed by atoms with van der Waals surface area (Å²) < 4.78 is 10.7. The second-order valence-electron chi connectivity index (χ2n) is 8.51. The second kappa shape index (κ2) is 11.0. The lowest BCUT2D eigenvalue weighted by molar-refractivity contribution is -0.140. The Hall–Kier alpha value is -1.13. The number of aliphatic hydroxyl groups is 1. The Morgan fingerprint density at radius 3 is 2.89 bits per heavy atom. The van der Waals surface area contributed by atoms with Gasteiger partial charge in [0.2, 0.25) is 0 Å². The van der Waals surface area contributed by atoms with Crippen LogP contribution in [0.1, 0.15) is 71.6 Å². The number of fused-ring (bicyclic) bond motifs is 2. The van der Waals surface area contributed by atoms with Crippen LogP contribution in [0.2, 0.25) is 0 Å². The maximum atomic E-state index is 11.1. The summed E-state index contributed by atoms with van der Waals surface area (Å²) in [5.41, 5.74) is 0.239. The first-order valence-corrected chi connectivity index (χ1v) is 10.7. The van der Waals surface area contributed by atoms with Gasteiger partial charge in [0.05, 0.1) is 25.9 Å². The van der Waals surface area contributed by atoms with E-state index in [0.717, 1.165) is 45.1 Å². The fourth-order valence-electron chi connectivity index (χ4n) is 4.59. The summed E-state index contributed by atoms with van der Waals surface area (Å²) in [6.45, 7) is 5.37. The van der Waals surface area contributed by atoms with Gasteiger partial charge in [-0.1, -0.05) is 57.4 Å². The van der Waals surface area contributed by atoms with Crippen LogP contribution in [0.5, 0.6) is 0 Å².